The smallest absolute Gasteiger partial charge is 0.263 e. The number of carbonyl (C=O) groups is 1. The second-order valence-corrected chi connectivity index (χ2v) is 9.37. The van der Waals surface area contributed by atoms with E-state index in [1.165, 1.54) is 18.6 Å². The van der Waals surface area contributed by atoms with Crippen LogP contribution in [-0.4, -0.2) is 60.5 Å². The topological polar surface area (TPSA) is 116 Å². The molecule has 4 rings (SSSR count). The number of benzene rings is 2. The van der Waals surface area contributed by atoms with Crippen LogP contribution in [0.5, 0.6) is 0 Å². The predicted octanol–water partition coefficient (Wildman–Crippen LogP) is 2.30. The van der Waals surface area contributed by atoms with Gasteiger partial charge in [-0.2, -0.15) is 0 Å². The van der Waals surface area contributed by atoms with E-state index in [1.807, 2.05) is 30.3 Å². The summed E-state index contributed by atoms with van der Waals surface area (Å²) in [5, 5.41) is 10.3. The van der Waals surface area contributed by atoms with E-state index in [9.17, 15) is 18.3 Å². The van der Waals surface area contributed by atoms with Gasteiger partial charge < -0.3 is 14.9 Å². The molecular weight excluding hydrogens is 442 g/mol. The van der Waals surface area contributed by atoms with Crippen molar-refractivity contribution in [3.05, 3.63) is 78.8 Å². The van der Waals surface area contributed by atoms with E-state index < -0.39 is 16.1 Å². The zero-order valence-electron chi connectivity index (χ0n) is 17.9. The lowest BCUT2D eigenvalue weighted by atomic mass is 10.1. The third-order valence-electron chi connectivity index (χ3n) is 5.52. The van der Waals surface area contributed by atoms with Crippen molar-refractivity contribution in [2.24, 2.45) is 0 Å². The van der Waals surface area contributed by atoms with E-state index >= 15 is 0 Å². The molecule has 9 nitrogen and oxygen atoms in total. The first-order valence-corrected chi connectivity index (χ1v) is 12.1. The molecule has 1 aliphatic heterocycles. The standard InChI is InChI=1S/C23H25N5O4S.H2/c29-21(18-4-2-1-3-5-18)16-23(30)28-14-12-27(13-15-28)19-6-8-20(9-7-19)33(31,32)26-22-10-11-24-17-25-22;/h1-11,17,21,29H,12-16H2,(H,24,25,26);1H. The summed E-state index contributed by atoms with van der Waals surface area (Å²) < 4.78 is 27.5. The second kappa shape index (κ2) is 9.97. The van der Waals surface area contributed by atoms with Crippen molar-refractivity contribution >= 4 is 27.4 Å². The van der Waals surface area contributed by atoms with E-state index in [1.54, 1.807) is 29.2 Å². The van der Waals surface area contributed by atoms with Gasteiger partial charge in [0.15, 0.2) is 0 Å². The Kier molecular flexibility index (Phi) is 6.85. The minimum atomic E-state index is -3.75. The summed E-state index contributed by atoms with van der Waals surface area (Å²) in [7, 11) is -3.75. The molecule has 1 aliphatic rings. The number of aliphatic hydroxyl groups excluding tert-OH is 1. The summed E-state index contributed by atoms with van der Waals surface area (Å²) in [5.74, 6) is 0.121. The number of rotatable bonds is 7. The van der Waals surface area contributed by atoms with E-state index in [-0.39, 0.29) is 24.5 Å². The largest absolute Gasteiger partial charge is 0.388 e. The molecule has 2 N–H and O–H groups in total. The van der Waals surface area contributed by atoms with Crippen LogP contribution in [0, 0.1) is 0 Å². The monoisotopic (exact) mass is 469 g/mol. The van der Waals surface area contributed by atoms with Gasteiger partial charge in [-0.05, 0) is 35.9 Å². The Bertz CT molecular complexity index is 1170. The summed E-state index contributed by atoms with van der Waals surface area (Å²) in [6.07, 6.45) is 1.96. The zero-order chi connectivity index (χ0) is 23.3. The van der Waals surface area contributed by atoms with Crippen molar-refractivity contribution in [3.63, 3.8) is 0 Å². The number of piperazine rings is 1. The number of anilines is 2. The van der Waals surface area contributed by atoms with Crippen LogP contribution in [0.25, 0.3) is 0 Å². The van der Waals surface area contributed by atoms with Crippen LogP contribution in [0.2, 0.25) is 0 Å². The first kappa shape index (κ1) is 22.7. The normalized spacial score (nSPS) is 15.2. The highest BCUT2D eigenvalue weighted by molar-refractivity contribution is 7.92. The van der Waals surface area contributed by atoms with E-state index in [0.29, 0.717) is 26.2 Å². The molecule has 0 saturated carbocycles. The average Bonchev–Trinajstić information content (AvgIpc) is 2.85. The van der Waals surface area contributed by atoms with Gasteiger partial charge in [-0.1, -0.05) is 30.3 Å². The van der Waals surface area contributed by atoms with Crippen LogP contribution < -0.4 is 9.62 Å². The molecule has 33 heavy (non-hydrogen) atoms. The Morgan fingerprint density at radius 3 is 2.36 bits per heavy atom. The maximum atomic E-state index is 12.6. The number of hydrogen-bond donors (Lipinski definition) is 2. The number of aliphatic hydroxyl groups is 1. The van der Waals surface area contributed by atoms with Gasteiger partial charge in [0.2, 0.25) is 5.91 Å². The van der Waals surface area contributed by atoms with Crippen molar-refractivity contribution < 1.29 is 19.7 Å². The SMILES string of the molecule is O=C(CC(O)c1ccccc1)N1CCN(c2ccc(S(=O)(=O)Nc3ccncn3)cc2)CC1.[HH]. The molecule has 174 valence electrons. The molecule has 10 heteroatoms. The lowest BCUT2D eigenvalue weighted by molar-refractivity contribution is -0.133. The number of nitrogens with one attached hydrogen (secondary N) is 1. The third kappa shape index (κ3) is 5.65. The van der Waals surface area contributed by atoms with E-state index in [2.05, 4.69) is 19.6 Å². The van der Waals surface area contributed by atoms with Gasteiger partial charge in [-0.25, -0.2) is 18.4 Å². The molecule has 2 heterocycles. The Hall–Kier alpha value is -3.50. The summed E-state index contributed by atoms with van der Waals surface area (Å²) in [6.45, 7) is 2.32. The molecule has 0 spiro atoms. The third-order valence-corrected chi connectivity index (χ3v) is 6.89. The Morgan fingerprint density at radius 1 is 1.03 bits per heavy atom. The van der Waals surface area contributed by atoms with Crippen molar-refractivity contribution in [2.75, 3.05) is 35.8 Å². The minimum Gasteiger partial charge on any atom is -0.388 e. The van der Waals surface area contributed by atoms with Crippen LogP contribution in [0.15, 0.2) is 78.1 Å². The van der Waals surface area contributed by atoms with Crippen LogP contribution in [0.4, 0.5) is 11.5 Å². The fraction of sp³-hybridized carbons (Fsp3) is 0.261. The van der Waals surface area contributed by atoms with Crippen molar-refractivity contribution in [3.8, 4) is 0 Å². The van der Waals surface area contributed by atoms with Crippen molar-refractivity contribution in [1.82, 2.24) is 14.9 Å². The maximum Gasteiger partial charge on any atom is 0.263 e. The minimum absolute atomic E-state index is 0. The van der Waals surface area contributed by atoms with Gasteiger partial charge in [0.25, 0.3) is 10.0 Å². The molecule has 1 unspecified atom stereocenters. The fourth-order valence-corrected chi connectivity index (χ4v) is 4.69. The maximum absolute atomic E-state index is 12.6. The average molecular weight is 470 g/mol. The quantitative estimate of drug-likeness (QED) is 0.545. The number of sulfonamides is 1. The summed E-state index contributed by atoms with van der Waals surface area (Å²) in [5.41, 5.74) is 1.61. The fourth-order valence-electron chi connectivity index (χ4n) is 3.69. The van der Waals surface area contributed by atoms with Crippen molar-refractivity contribution in [1.29, 1.82) is 0 Å². The summed E-state index contributed by atoms with van der Waals surface area (Å²) in [4.78, 5) is 24.2. The van der Waals surface area contributed by atoms with E-state index in [0.717, 1.165) is 11.3 Å². The highest BCUT2D eigenvalue weighted by Crippen LogP contribution is 2.22. The van der Waals surface area contributed by atoms with Gasteiger partial charge in [-0.3, -0.25) is 9.52 Å². The highest BCUT2D eigenvalue weighted by Gasteiger charge is 2.24. The molecule has 1 saturated heterocycles. The summed E-state index contributed by atoms with van der Waals surface area (Å²) in [6, 6.07) is 17.2. The molecule has 1 aromatic heterocycles. The lowest BCUT2D eigenvalue weighted by Crippen LogP contribution is -2.49. The number of nitrogens with zero attached hydrogens (tertiary/aromatic N) is 4. The van der Waals surface area contributed by atoms with Gasteiger partial charge >= 0.3 is 0 Å². The molecule has 0 radical (unpaired) electrons. The van der Waals surface area contributed by atoms with Gasteiger partial charge in [0.1, 0.15) is 12.1 Å². The van der Waals surface area contributed by atoms with E-state index in [4.69, 9.17) is 0 Å². The lowest BCUT2D eigenvalue weighted by Gasteiger charge is -2.36. The van der Waals surface area contributed by atoms with Crippen molar-refractivity contribution in [2.45, 2.75) is 17.4 Å². The molecule has 1 amide bonds. The second-order valence-electron chi connectivity index (χ2n) is 7.69. The Balaban J connectivity index is 0.00000324. The number of aromatic nitrogens is 2. The number of hydrogen-bond acceptors (Lipinski definition) is 7. The highest BCUT2D eigenvalue weighted by atomic mass is 32.2. The molecule has 0 aliphatic carbocycles. The zero-order valence-corrected chi connectivity index (χ0v) is 18.7. The number of carbonyl (C=O) groups excluding carboxylic acids is 1. The van der Waals surface area contributed by atoms with Crippen LogP contribution in [0.1, 0.15) is 19.5 Å². The van der Waals surface area contributed by atoms with Gasteiger partial charge in [0, 0.05) is 39.5 Å². The number of amides is 1. The molecule has 0 bridgehead atoms. The Morgan fingerprint density at radius 2 is 1.73 bits per heavy atom. The molecule has 1 fully saturated rings. The first-order valence-electron chi connectivity index (χ1n) is 10.6. The molecular formula is C23H27N5O4S. The molecule has 1 atom stereocenters. The van der Waals surface area contributed by atoms with Gasteiger partial charge in [0.05, 0.1) is 17.4 Å². The van der Waals surface area contributed by atoms with Crippen LogP contribution in [0.3, 0.4) is 0 Å². The van der Waals surface area contributed by atoms with Gasteiger partial charge in [-0.15, -0.1) is 0 Å². The Labute approximate surface area is 194 Å². The molecule has 3 aromatic rings. The summed E-state index contributed by atoms with van der Waals surface area (Å²) >= 11 is 0. The first-order chi connectivity index (χ1) is 15.9. The van der Waals surface area contributed by atoms with Crippen LogP contribution >= 0.6 is 0 Å². The predicted molar refractivity (Wildman–Crippen MR) is 126 cm³/mol. The molecule has 2 aromatic carbocycles. The van der Waals surface area contributed by atoms with Crippen LogP contribution in [-0.2, 0) is 14.8 Å².